The molecule has 0 saturated carbocycles. The van der Waals surface area contributed by atoms with Crippen molar-refractivity contribution in [3.63, 3.8) is 0 Å². The van der Waals surface area contributed by atoms with Gasteiger partial charge < -0.3 is 4.74 Å². The zero-order valence-corrected chi connectivity index (χ0v) is 13.7. The molecule has 2 nitrogen and oxygen atoms in total. The van der Waals surface area contributed by atoms with Crippen molar-refractivity contribution in [2.45, 2.75) is 59.3 Å². The maximum absolute atomic E-state index is 10.9. The second kappa shape index (κ2) is 10.2. The van der Waals surface area contributed by atoms with Gasteiger partial charge in [-0.1, -0.05) is 63.5 Å². The van der Waals surface area contributed by atoms with E-state index in [4.69, 9.17) is 4.74 Å². The van der Waals surface area contributed by atoms with Crippen molar-refractivity contribution in [2.24, 2.45) is 0 Å². The van der Waals surface area contributed by atoms with Crippen LogP contribution in [0.3, 0.4) is 0 Å². The third-order valence-electron chi connectivity index (χ3n) is 3.58. The minimum Gasteiger partial charge on any atom is -0.461 e. The van der Waals surface area contributed by atoms with Crippen LogP contribution in [0.15, 0.2) is 29.8 Å². The lowest BCUT2D eigenvalue weighted by molar-refractivity contribution is -0.139. The van der Waals surface area contributed by atoms with E-state index in [1.165, 1.54) is 43.7 Å². The van der Waals surface area contributed by atoms with Gasteiger partial charge in [-0.25, -0.2) is 0 Å². The Morgan fingerprint density at radius 3 is 2.38 bits per heavy atom. The van der Waals surface area contributed by atoms with Crippen LogP contribution < -0.4 is 0 Å². The lowest BCUT2D eigenvalue weighted by Crippen LogP contribution is -2.02. The topological polar surface area (TPSA) is 26.3 Å². The second-order valence-corrected chi connectivity index (χ2v) is 5.49. The van der Waals surface area contributed by atoms with E-state index in [9.17, 15) is 4.79 Å². The molecule has 0 aromatic heterocycles. The molecule has 0 aliphatic rings. The maximum Gasteiger partial charge on any atom is 0.302 e. The van der Waals surface area contributed by atoms with Crippen molar-refractivity contribution < 1.29 is 9.53 Å². The molecule has 0 fully saturated rings. The van der Waals surface area contributed by atoms with Crippen LogP contribution in [0, 0.1) is 0 Å². The van der Waals surface area contributed by atoms with E-state index in [0.29, 0.717) is 6.61 Å². The summed E-state index contributed by atoms with van der Waals surface area (Å²) in [4.78, 5) is 10.9. The Morgan fingerprint density at radius 2 is 1.81 bits per heavy atom. The van der Waals surface area contributed by atoms with E-state index in [-0.39, 0.29) is 5.97 Å². The lowest BCUT2D eigenvalue weighted by Gasteiger charge is -2.06. The molecule has 0 aliphatic heterocycles. The molecular weight excluding hydrogens is 260 g/mol. The molecule has 0 spiro atoms. The smallest absolute Gasteiger partial charge is 0.302 e. The summed E-state index contributed by atoms with van der Waals surface area (Å²) >= 11 is 0. The Morgan fingerprint density at radius 1 is 1.10 bits per heavy atom. The van der Waals surface area contributed by atoms with Gasteiger partial charge in [0.2, 0.25) is 0 Å². The number of aryl methyl sites for hydroxylation is 1. The van der Waals surface area contributed by atoms with E-state index < -0.39 is 0 Å². The molecule has 2 heteroatoms. The Hall–Kier alpha value is -1.57. The standard InChI is InChI=1S/C19H28O2/c1-4-6-7-8-9-18-10-12-19(13-11-18)14-17(5-2)15-21-16(3)20/h10-14H,4-9,15H2,1-3H3/b17-14+. The Bertz CT molecular complexity index is 443. The number of carbonyl (C=O) groups excluding carboxylic acids is 1. The molecule has 0 atom stereocenters. The zero-order valence-electron chi connectivity index (χ0n) is 13.7. The van der Waals surface area contributed by atoms with Gasteiger partial charge in [-0.3, -0.25) is 4.79 Å². The Labute approximate surface area is 129 Å². The SMILES string of the molecule is CCCCCCc1ccc(/C=C(\CC)COC(C)=O)cc1. The van der Waals surface area contributed by atoms with Gasteiger partial charge in [0.1, 0.15) is 6.61 Å². The van der Waals surface area contributed by atoms with Crippen molar-refractivity contribution in [3.8, 4) is 0 Å². The van der Waals surface area contributed by atoms with Crippen LogP contribution in [-0.2, 0) is 16.0 Å². The predicted molar refractivity (Wildman–Crippen MR) is 89.2 cm³/mol. The molecule has 0 N–H and O–H groups in total. The van der Waals surface area contributed by atoms with Crippen LogP contribution in [0.5, 0.6) is 0 Å². The largest absolute Gasteiger partial charge is 0.461 e. The Balaban J connectivity index is 2.53. The number of esters is 1. The van der Waals surface area contributed by atoms with Gasteiger partial charge in [0.15, 0.2) is 0 Å². The van der Waals surface area contributed by atoms with E-state index in [1.54, 1.807) is 0 Å². The summed E-state index contributed by atoms with van der Waals surface area (Å²) in [7, 11) is 0. The highest BCUT2D eigenvalue weighted by molar-refractivity contribution is 5.66. The van der Waals surface area contributed by atoms with E-state index in [2.05, 4.69) is 44.2 Å². The average molecular weight is 288 g/mol. The van der Waals surface area contributed by atoms with E-state index in [0.717, 1.165) is 18.4 Å². The molecule has 0 amide bonds. The summed E-state index contributed by atoms with van der Waals surface area (Å²) in [6.07, 6.45) is 9.38. The minimum atomic E-state index is -0.225. The fourth-order valence-corrected chi connectivity index (χ4v) is 2.21. The van der Waals surface area contributed by atoms with E-state index in [1.807, 2.05) is 0 Å². The van der Waals surface area contributed by atoms with Gasteiger partial charge in [0.25, 0.3) is 0 Å². The molecule has 0 unspecified atom stereocenters. The molecule has 1 aromatic rings. The molecule has 0 saturated heterocycles. The third kappa shape index (κ3) is 7.69. The number of carbonyl (C=O) groups is 1. The monoisotopic (exact) mass is 288 g/mol. The van der Waals surface area contributed by atoms with Crippen LogP contribution in [-0.4, -0.2) is 12.6 Å². The summed E-state index contributed by atoms with van der Waals surface area (Å²) in [5.74, 6) is -0.225. The normalized spacial score (nSPS) is 11.5. The Kier molecular flexibility index (Phi) is 8.49. The molecule has 21 heavy (non-hydrogen) atoms. The molecule has 0 aliphatic carbocycles. The molecule has 116 valence electrons. The fraction of sp³-hybridized carbons (Fsp3) is 0.526. The highest BCUT2D eigenvalue weighted by Crippen LogP contribution is 2.14. The van der Waals surface area contributed by atoms with E-state index >= 15 is 0 Å². The zero-order chi connectivity index (χ0) is 15.5. The predicted octanol–water partition coefficient (Wildman–Crippen LogP) is 5.17. The van der Waals surface area contributed by atoms with Gasteiger partial charge in [0, 0.05) is 6.92 Å². The quantitative estimate of drug-likeness (QED) is 0.463. The van der Waals surface area contributed by atoms with Gasteiger partial charge in [-0.15, -0.1) is 0 Å². The number of ether oxygens (including phenoxy) is 1. The average Bonchev–Trinajstić information content (AvgIpc) is 2.49. The van der Waals surface area contributed by atoms with Gasteiger partial charge >= 0.3 is 5.97 Å². The highest BCUT2D eigenvalue weighted by Gasteiger charge is 1.99. The molecule has 0 radical (unpaired) electrons. The van der Waals surface area contributed by atoms with Gasteiger partial charge in [-0.2, -0.15) is 0 Å². The first kappa shape index (κ1) is 17.5. The maximum atomic E-state index is 10.9. The summed E-state index contributed by atoms with van der Waals surface area (Å²) in [5, 5.41) is 0. The van der Waals surface area contributed by atoms with Crippen LogP contribution in [0.4, 0.5) is 0 Å². The number of rotatable bonds is 9. The number of unbranched alkanes of at least 4 members (excludes halogenated alkanes) is 3. The first-order valence-corrected chi connectivity index (χ1v) is 8.07. The van der Waals surface area contributed by atoms with Gasteiger partial charge in [-0.05, 0) is 36.0 Å². The van der Waals surface area contributed by atoms with Crippen molar-refractivity contribution in [1.29, 1.82) is 0 Å². The van der Waals surface area contributed by atoms with Crippen LogP contribution in [0.1, 0.15) is 64.0 Å². The summed E-state index contributed by atoms with van der Waals surface area (Å²) in [6, 6.07) is 8.71. The number of hydrogen-bond donors (Lipinski definition) is 0. The summed E-state index contributed by atoms with van der Waals surface area (Å²) in [6.45, 7) is 6.16. The fourth-order valence-electron chi connectivity index (χ4n) is 2.21. The minimum absolute atomic E-state index is 0.225. The summed E-state index contributed by atoms with van der Waals surface area (Å²) < 4.78 is 5.06. The van der Waals surface area contributed by atoms with Crippen LogP contribution in [0.2, 0.25) is 0 Å². The third-order valence-corrected chi connectivity index (χ3v) is 3.58. The van der Waals surface area contributed by atoms with Crippen molar-refractivity contribution in [1.82, 2.24) is 0 Å². The van der Waals surface area contributed by atoms with Crippen LogP contribution >= 0.6 is 0 Å². The van der Waals surface area contributed by atoms with Gasteiger partial charge in [0.05, 0.1) is 0 Å². The molecule has 1 aromatic carbocycles. The first-order chi connectivity index (χ1) is 10.2. The van der Waals surface area contributed by atoms with Crippen molar-refractivity contribution >= 4 is 12.0 Å². The lowest BCUT2D eigenvalue weighted by atomic mass is 10.0. The van der Waals surface area contributed by atoms with Crippen molar-refractivity contribution in [2.75, 3.05) is 6.61 Å². The highest BCUT2D eigenvalue weighted by atomic mass is 16.5. The molecular formula is C19H28O2. The molecule has 0 heterocycles. The number of benzene rings is 1. The molecule has 0 bridgehead atoms. The molecule has 1 rings (SSSR count). The van der Waals surface area contributed by atoms with Crippen LogP contribution in [0.25, 0.3) is 6.08 Å². The number of hydrogen-bond acceptors (Lipinski definition) is 2. The van der Waals surface area contributed by atoms with Crippen molar-refractivity contribution in [3.05, 3.63) is 41.0 Å². The summed E-state index contributed by atoms with van der Waals surface area (Å²) in [5.41, 5.74) is 3.72. The second-order valence-electron chi connectivity index (χ2n) is 5.49. The first-order valence-electron chi connectivity index (χ1n) is 8.07.